The van der Waals surface area contributed by atoms with E-state index in [2.05, 4.69) is 35.7 Å². The summed E-state index contributed by atoms with van der Waals surface area (Å²) in [6.45, 7) is 7.91. The summed E-state index contributed by atoms with van der Waals surface area (Å²) >= 11 is 0. The summed E-state index contributed by atoms with van der Waals surface area (Å²) in [4.78, 5) is 36.2. The third-order valence-corrected chi connectivity index (χ3v) is 5.10. The lowest BCUT2D eigenvalue weighted by Gasteiger charge is -2.36. The fraction of sp³-hybridized carbons (Fsp3) is 0.429. The maximum absolute atomic E-state index is 14.3. The quantitative estimate of drug-likeness (QED) is 0.647. The third kappa shape index (κ3) is 5.66. The summed E-state index contributed by atoms with van der Waals surface area (Å²) in [5.41, 5.74) is 2.99. The molecule has 3 heterocycles. The minimum atomic E-state index is -0.555. The van der Waals surface area contributed by atoms with Gasteiger partial charge in [0.1, 0.15) is 5.69 Å². The zero-order valence-electron chi connectivity index (χ0n) is 18.0. The first-order valence-electron chi connectivity index (χ1n) is 10.3. The number of carbonyl (C=O) groups excluding carboxylic acids is 2. The van der Waals surface area contributed by atoms with Crippen LogP contribution in [-0.4, -0.2) is 66.6 Å². The van der Waals surface area contributed by atoms with Crippen LogP contribution >= 0.6 is 0 Å². The molecule has 1 fully saturated rings. The van der Waals surface area contributed by atoms with Gasteiger partial charge in [0.2, 0.25) is 0 Å². The van der Waals surface area contributed by atoms with Gasteiger partial charge >= 0.3 is 6.03 Å². The highest BCUT2D eigenvalue weighted by molar-refractivity contribution is 5.92. The van der Waals surface area contributed by atoms with Gasteiger partial charge in [-0.25, -0.2) is 19.2 Å². The Hall–Kier alpha value is -3.27. The largest absolute Gasteiger partial charge is 0.368 e. The normalized spacial score (nSPS) is 14.3. The number of carbonyl (C=O) groups is 2. The number of hydrogen-bond donors (Lipinski definition) is 3. The van der Waals surface area contributed by atoms with E-state index in [9.17, 15) is 14.0 Å². The first-order chi connectivity index (χ1) is 14.9. The van der Waals surface area contributed by atoms with Crippen molar-refractivity contribution in [2.24, 2.45) is 0 Å². The molecule has 2 aromatic rings. The number of nitrogens with zero attached hydrogens (tertiary/aromatic N) is 4. The molecule has 1 aliphatic rings. The molecule has 1 aliphatic heterocycles. The highest BCUT2D eigenvalue weighted by Gasteiger charge is 2.20. The number of hydrogen-bond acceptors (Lipinski definition) is 6. The molecule has 0 saturated carbocycles. The van der Waals surface area contributed by atoms with E-state index in [0.29, 0.717) is 18.8 Å². The van der Waals surface area contributed by atoms with Crippen LogP contribution in [0, 0.1) is 12.7 Å². The summed E-state index contributed by atoms with van der Waals surface area (Å²) < 4.78 is 14.3. The van der Waals surface area contributed by atoms with E-state index >= 15 is 0 Å². The monoisotopic (exact) mass is 429 g/mol. The number of anilines is 2. The van der Waals surface area contributed by atoms with Crippen LogP contribution in [0.5, 0.6) is 0 Å². The van der Waals surface area contributed by atoms with E-state index in [-0.39, 0.29) is 11.7 Å². The molecule has 3 rings (SSSR count). The van der Waals surface area contributed by atoms with Crippen molar-refractivity contribution < 1.29 is 14.0 Å². The Morgan fingerprint density at radius 3 is 2.55 bits per heavy atom. The fourth-order valence-corrected chi connectivity index (χ4v) is 3.52. The van der Waals surface area contributed by atoms with E-state index < -0.39 is 11.8 Å². The average molecular weight is 430 g/mol. The number of aromatic nitrogens is 2. The highest BCUT2D eigenvalue weighted by atomic mass is 19.1. The second kappa shape index (κ2) is 10.2. The molecule has 0 radical (unpaired) electrons. The molecule has 2 aromatic heterocycles. The molecule has 0 atom stereocenters. The maximum atomic E-state index is 14.3. The highest BCUT2D eigenvalue weighted by Crippen LogP contribution is 2.21. The van der Waals surface area contributed by atoms with Gasteiger partial charge in [-0.3, -0.25) is 15.0 Å². The van der Waals surface area contributed by atoms with E-state index in [0.717, 1.165) is 43.1 Å². The second-order valence-electron chi connectivity index (χ2n) is 7.30. The van der Waals surface area contributed by atoms with E-state index in [1.165, 1.54) is 6.07 Å². The molecule has 31 heavy (non-hydrogen) atoms. The zero-order valence-corrected chi connectivity index (χ0v) is 18.0. The topological polar surface area (TPSA) is 102 Å². The lowest BCUT2D eigenvalue weighted by Crippen LogP contribution is -2.46. The lowest BCUT2D eigenvalue weighted by molar-refractivity contribution is 0.0958. The van der Waals surface area contributed by atoms with Gasteiger partial charge in [0, 0.05) is 52.5 Å². The Kier molecular flexibility index (Phi) is 7.35. The lowest BCUT2D eigenvalue weighted by atomic mass is 10.2. The zero-order chi connectivity index (χ0) is 22.4. The molecule has 0 spiro atoms. The maximum Gasteiger partial charge on any atom is 0.320 e. The first kappa shape index (κ1) is 22.4. The van der Waals surface area contributed by atoms with Crippen molar-refractivity contribution in [2.75, 3.05) is 50.0 Å². The van der Waals surface area contributed by atoms with Crippen LogP contribution in [0.1, 0.15) is 28.7 Å². The van der Waals surface area contributed by atoms with Crippen molar-refractivity contribution in [3.8, 4) is 0 Å². The molecule has 3 amide bonds. The predicted octanol–water partition coefficient (Wildman–Crippen LogP) is 1.75. The van der Waals surface area contributed by atoms with E-state index in [4.69, 9.17) is 0 Å². The van der Waals surface area contributed by atoms with Crippen molar-refractivity contribution in [3.05, 3.63) is 47.2 Å². The van der Waals surface area contributed by atoms with Gasteiger partial charge in [0.15, 0.2) is 11.6 Å². The molecule has 3 N–H and O–H groups in total. The van der Waals surface area contributed by atoms with Gasteiger partial charge in [-0.2, -0.15) is 0 Å². The minimum absolute atomic E-state index is 0.0808. The van der Waals surface area contributed by atoms with Gasteiger partial charge in [-0.1, -0.05) is 0 Å². The Labute approximate surface area is 181 Å². The molecule has 1 saturated heterocycles. The van der Waals surface area contributed by atoms with Crippen LogP contribution < -0.4 is 20.9 Å². The Bertz CT molecular complexity index is 945. The van der Waals surface area contributed by atoms with Crippen molar-refractivity contribution >= 4 is 23.4 Å². The van der Waals surface area contributed by atoms with Crippen LogP contribution in [0.15, 0.2) is 24.4 Å². The summed E-state index contributed by atoms with van der Waals surface area (Å²) in [5.74, 6) is -0.837. The first-order valence-corrected chi connectivity index (χ1v) is 10.3. The number of amides is 3. The van der Waals surface area contributed by atoms with Gasteiger partial charge in [-0.05, 0) is 37.6 Å². The van der Waals surface area contributed by atoms with Crippen LogP contribution in [0.3, 0.4) is 0 Å². The van der Waals surface area contributed by atoms with Crippen molar-refractivity contribution in [2.45, 2.75) is 20.4 Å². The summed E-state index contributed by atoms with van der Waals surface area (Å²) in [6.07, 6.45) is 1.59. The average Bonchev–Trinajstić information content (AvgIpc) is 2.76. The fourth-order valence-electron chi connectivity index (χ4n) is 3.52. The number of aryl methyl sites for hydroxylation is 1. The standard InChI is InChI=1S/C21H28FN7O2/c1-4-24-21(31)27-19-16(22)11-15(12-25-19)13-28-7-9-29(10-8-28)18-6-5-17(20(30)23-3)26-14(18)2/h5-6,11-12H,4,7-10,13H2,1-3H3,(H,23,30)(H2,24,25,27,31). The summed E-state index contributed by atoms with van der Waals surface area (Å²) in [6, 6.07) is 4.60. The predicted molar refractivity (Wildman–Crippen MR) is 117 cm³/mol. The number of piperazine rings is 1. The molecule has 0 aromatic carbocycles. The Morgan fingerprint density at radius 2 is 1.94 bits per heavy atom. The van der Waals surface area contributed by atoms with Gasteiger partial charge < -0.3 is 15.5 Å². The van der Waals surface area contributed by atoms with Crippen molar-refractivity contribution in [3.63, 3.8) is 0 Å². The van der Waals surface area contributed by atoms with Crippen molar-refractivity contribution in [1.82, 2.24) is 25.5 Å². The number of urea groups is 1. The molecule has 10 heteroatoms. The SMILES string of the molecule is CCNC(=O)Nc1ncc(CN2CCN(c3ccc(C(=O)NC)nc3C)CC2)cc1F. The summed E-state index contributed by atoms with van der Waals surface area (Å²) in [5, 5.41) is 7.52. The molecular weight excluding hydrogens is 401 g/mol. The van der Waals surface area contributed by atoms with Crippen LogP contribution in [0.2, 0.25) is 0 Å². The molecule has 166 valence electrons. The number of halogens is 1. The van der Waals surface area contributed by atoms with Gasteiger partial charge in [0.05, 0.1) is 11.4 Å². The minimum Gasteiger partial charge on any atom is -0.368 e. The third-order valence-electron chi connectivity index (χ3n) is 5.10. The van der Waals surface area contributed by atoms with E-state index in [1.54, 1.807) is 26.2 Å². The van der Waals surface area contributed by atoms with Gasteiger partial charge in [0.25, 0.3) is 5.91 Å². The smallest absolute Gasteiger partial charge is 0.320 e. The Balaban J connectivity index is 1.56. The van der Waals surface area contributed by atoms with Crippen LogP contribution in [0.25, 0.3) is 0 Å². The van der Waals surface area contributed by atoms with Crippen LogP contribution in [0.4, 0.5) is 20.7 Å². The van der Waals surface area contributed by atoms with E-state index in [1.807, 2.05) is 13.0 Å². The summed E-state index contributed by atoms with van der Waals surface area (Å²) in [7, 11) is 1.58. The van der Waals surface area contributed by atoms with Crippen molar-refractivity contribution in [1.29, 1.82) is 0 Å². The number of rotatable bonds is 6. The molecule has 0 bridgehead atoms. The van der Waals surface area contributed by atoms with Crippen LogP contribution in [-0.2, 0) is 6.54 Å². The number of pyridine rings is 2. The Morgan fingerprint density at radius 1 is 1.19 bits per heavy atom. The molecule has 0 aliphatic carbocycles. The molecule has 9 nitrogen and oxygen atoms in total. The molecule has 0 unspecified atom stereocenters. The second-order valence-corrected chi connectivity index (χ2v) is 7.30. The number of nitrogens with one attached hydrogen (secondary N) is 3. The van der Waals surface area contributed by atoms with Gasteiger partial charge in [-0.15, -0.1) is 0 Å². The molecular formula is C21H28FN7O2.